The minimum Gasteiger partial charge on any atom is -0.191 e. The zero-order valence-corrected chi connectivity index (χ0v) is 19.1. The molecule has 5 rings (SSSR count). The summed E-state index contributed by atoms with van der Waals surface area (Å²) in [7, 11) is 0. The van der Waals surface area contributed by atoms with Crippen LogP contribution in [0.2, 0.25) is 0 Å². The molecule has 0 radical (unpaired) electrons. The SMILES string of the molecule is CCCC(C)C12c3ccc(-c4ccccc4)cc3-c3ccc(C)c[n+]3C1(CC)C2C. The van der Waals surface area contributed by atoms with Crippen molar-refractivity contribution in [2.75, 3.05) is 0 Å². The van der Waals surface area contributed by atoms with E-state index in [0.717, 1.165) is 0 Å². The largest absolute Gasteiger partial charge is 0.213 e. The fourth-order valence-electron chi connectivity index (χ4n) is 7.25. The third-order valence-corrected chi connectivity index (χ3v) is 8.44. The topological polar surface area (TPSA) is 3.88 Å². The molecule has 2 heterocycles. The van der Waals surface area contributed by atoms with Gasteiger partial charge < -0.3 is 0 Å². The van der Waals surface area contributed by atoms with E-state index in [0.29, 0.717) is 11.8 Å². The van der Waals surface area contributed by atoms with Crippen LogP contribution in [0.3, 0.4) is 0 Å². The lowest BCUT2D eigenvalue weighted by Gasteiger charge is -2.34. The predicted octanol–water partition coefficient (Wildman–Crippen LogP) is 7.06. The number of hydrogen-bond acceptors (Lipinski definition) is 0. The van der Waals surface area contributed by atoms with Gasteiger partial charge in [-0.3, -0.25) is 0 Å². The Kier molecular flexibility index (Phi) is 4.43. The fraction of sp³-hybridized carbons (Fsp3) is 0.414. The normalized spacial score (nSPS) is 27.0. The van der Waals surface area contributed by atoms with E-state index in [-0.39, 0.29) is 11.0 Å². The first-order chi connectivity index (χ1) is 14.5. The van der Waals surface area contributed by atoms with Crippen molar-refractivity contribution >= 4 is 0 Å². The van der Waals surface area contributed by atoms with Gasteiger partial charge in [0.15, 0.2) is 11.7 Å². The first-order valence-corrected chi connectivity index (χ1v) is 11.8. The molecule has 1 saturated carbocycles. The number of aromatic nitrogens is 1. The maximum atomic E-state index is 2.68. The van der Waals surface area contributed by atoms with E-state index in [9.17, 15) is 0 Å². The Morgan fingerprint density at radius 3 is 2.43 bits per heavy atom. The fourth-order valence-corrected chi connectivity index (χ4v) is 7.25. The molecule has 0 spiro atoms. The summed E-state index contributed by atoms with van der Waals surface area (Å²) >= 11 is 0. The summed E-state index contributed by atoms with van der Waals surface area (Å²) in [5.41, 5.74) is 8.80. The van der Waals surface area contributed by atoms with Crippen molar-refractivity contribution in [1.82, 2.24) is 0 Å². The van der Waals surface area contributed by atoms with Crippen LogP contribution in [0, 0.1) is 18.8 Å². The van der Waals surface area contributed by atoms with Crippen LogP contribution in [0.15, 0.2) is 66.9 Å². The predicted molar refractivity (Wildman–Crippen MR) is 125 cm³/mol. The van der Waals surface area contributed by atoms with Crippen molar-refractivity contribution in [3.63, 3.8) is 0 Å². The van der Waals surface area contributed by atoms with Crippen LogP contribution in [0.5, 0.6) is 0 Å². The van der Waals surface area contributed by atoms with Crippen molar-refractivity contribution in [3.05, 3.63) is 78.0 Å². The summed E-state index contributed by atoms with van der Waals surface area (Å²) in [4.78, 5) is 0. The molecule has 4 atom stereocenters. The molecule has 0 saturated heterocycles. The Hall–Kier alpha value is -2.41. The third kappa shape index (κ3) is 2.27. The molecule has 3 aromatic rings. The van der Waals surface area contributed by atoms with Gasteiger partial charge in [0, 0.05) is 24.0 Å². The first kappa shape index (κ1) is 19.5. The molecule has 30 heavy (non-hydrogen) atoms. The van der Waals surface area contributed by atoms with Crippen LogP contribution in [-0.4, -0.2) is 0 Å². The summed E-state index contributed by atoms with van der Waals surface area (Å²) < 4.78 is 2.68. The van der Waals surface area contributed by atoms with E-state index >= 15 is 0 Å². The Balaban J connectivity index is 1.81. The van der Waals surface area contributed by atoms with E-state index in [1.807, 2.05) is 0 Å². The van der Waals surface area contributed by atoms with Crippen molar-refractivity contribution in [2.24, 2.45) is 11.8 Å². The molecule has 2 aromatic carbocycles. The van der Waals surface area contributed by atoms with Crippen molar-refractivity contribution < 1.29 is 4.57 Å². The Bertz CT molecular complexity index is 1100. The number of aryl methyl sites for hydroxylation is 1. The molecule has 1 aromatic heterocycles. The number of nitrogens with zero attached hydrogens (tertiary/aromatic N) is 1. The monoisotopic (exact) mass is 396 g/mol. The number of benzene rings is 2. The van der Waals surface area contributed by atoms with Gasteiger partial charge in [-0.1, -0.05) is 76.6 Å². The third-order valence-electron chi connectivity index (χ3n) is 8.44. The molecule has 4 unspecified atom stereocenters. The van der Waals surface area contributed by atoms with Crippen LogP contribution < -0.4 is 4.57 Å². The van der Waals surface area contributed by atoms with Crippen LogP contribution in [0.4, 0.5) is 0 Å². The maximum absolute atomic E-state index is 2.68. The Morgan fingerprint density at radius 1 is 0.967 bits per heavy atom. The number of hydrogen-bond donors (Lipinski definition) is 0. The van der Waals surface area contributed by atoms with Gasteiger partial charge in [0.1, 0.15) is 0 Å². The summed E-state index contributed by atoms with van der Waals surface area (Å²) in [6.45, 7) is 12.0. The Labute approximate surface area is 181 Å². The van der Waals surface area contributed by atoms with Gasteiger partial charge in [0.05, 0.1) is 11.0 Å². The quantitative estimate of drug-likeness (QED) is 0.406. The lowest BCUT2D eigenvalue weighted by atomic mass is 9.71. The molecule has 1 nitrogen and oxygen atoms in total. The van der Waals surface area contributed by atoms with Crippen LogP contribution in [0.25, 0.3) is 22.4 Å². The molecule has 1 fully saturated rings. The minimum atomic E-state index is 0.199. The van der Waals surface area contributed by atoms with E-state index in [4.69, 9.17) is 0 Å². The molecule has 1 heteroatoms. The van der Waals surface area contributed by atoms with E-state index < -0.39 is 0 Å². The molecule has 154 valence electrons. The van der Waals surface area contributed by atoms with Crippen molar-refractivity contribution in [2.45, 2.75) is 64.8 Å². The average molecular weight is 397 g/mol. The highest BCUT2D eigenvalue weighted by atomic mass is 15.2. The Morgan fingerprint density at radius 2 is 1.73 bits per heavy atom. The van der Waals surface area contributed by atoms with Gasteiger partial charge in [-0.15, -0.1) is 0 Å². The summed E-state index contributed by atoms with van der Waals surface area (Å²) in [6.07, 6.45) is 6.14. The zero-order valence-electron chi connectivity index (χ0n) is 19.1. The molecule has 0 amide bonds. The smallest absolute Gasteiger partial charge is 0.191 e. The van der Waals surface area contributed by atoms with Crippen LogP contribution in [0.1, 0.15) is 58.1 Å². The van der Waals surface area contributed by atoms with Crippen LogP contribution in [-0.2, 0) is 11.0 Å². The number of pyridine rings is 1. The highest BCUT2D eigenvalue weighted by Gasteiger charge is 2.84. The van der Waals surface area contributed by atoms with Gasteiger partial charge in [-0.25, -0.2) is 0 Å². The second-order valence-electron chi connectivity index (χ2n) is 9.65. The van der Waals surface area contributed by atoms with Gasteiger partial charge in [-0.2, -0.15) is 4.57 Å². The number of fused-ring (bicyclic) bond motifs is 6. The van der Waals surface area contributed by atoms with Gasteiger partial charge in [-0.05, 0) is 48.1 Å². The van der Waals surface area contributed by atoms with Crippen molar-refractivity contribution in [1.29, 1.82) is 0 Å². The van der Waals surface area contributed by atoms with Crippen molar-refractivity contribution in [3.8, 4) is 22.4 Å². The molecular weight excluding hydrogens is 362 g/mol. The number of rotatable bonds is 5. The van der Waals surface area contributed by atoms with E-state index in [2.05, 4.69) is 106 Å². The average Bonchev–Trinajstić information content (AvgIpc) is 3.35. The first-order valence-electron chi connectivity index (χ1n) is 11.8. The summed E-state index contributed by atoms with van der Waals surface area (Å²) in [5, 5.41) is 0. The lowest BCUT2D eigenvalue weighted by Crippen LogP contribution is -2.56. The lowest BCUT2D eigenvalue weighted by molar-refractivity contribution is -0.739. The van der Waals surface area contributed by atoms with Gasteiger partial charge >= 0.3 is 0 Å². The second kappa shape index (κ2) is 6.80. The molecule has 1 aliphatic heterocycles. The summed E-state index contributed by atoms with van der Waals surface area (Å²) in [5.74, 6) is 1.31. The molecule has 1 aliphatic carbocycles. The molecule has 2 aliphatic rings. The van der Waals surface area contributed by atoms with Gasteiger partial charge in [0.25, 0.3) is 0 Å². The summed E-state index contributed by atoms with van der Waals surface area (Å²) in [6, 6.07) is 22.7. The molecular formula is C29H34N+. The standard InChI is InChI=1S/C29H34N/c1-6-11-21(4)29-22(5)28(29,7-2)30-19-20(3)14-17-27(30)25-18-24(15-16-26(25)29)23-12-9-8-10-13-23/h8-10,12-19,21-22H,6-7,11H2,1-5H3/q+1. The van der Waals surface area contributed by atoms with E-state index in [1.54, 1.807) is 5.56 Å². The molecule has 0 N–H and O–H groups in total. The van der Waals surface area contributed by atoms with E-state index in [1.165, 1.54) is 47.2 Å². The highest BCUT2D eigenvalue weighted by Crippen LogP contribution is 2.73. The van der Waals surface area contributed by atoms with Gasteiger partial charge in [0.2, 0.25) is 5.69 Å². The zero-order chi connectivity index (χ0) is 21.1. The minimum absolute atomic E-state index is 0.199. The van der Waals surface area contributed by atoms with Crippen LogP contribution >= 0.6 is 0 Å². The highest BCUT2D eigenvalue weighted by molar-refractivity contribution is 5.76. The maximum Gasteiger partial charge on any atom is 0.213 e. The second-order valence-corrected chi connectivity index (χ2v) is 9.65. The molecule has 0 bridgehead atoms.